The number of rotatable bonds is 7. The van der Waals surface area contributed by atoms with Crippen molar-refractivity contribution in [2.45, 2.75) is 0 Å². The summed E-state index contributed by atoms with van der Waals surface area (Å²) in [6.07, 6.45) is 0. The first-order valence-corrected chi connectivity index (χ1v) is 21.5. The number of fused-ring (bicyclic) bond motifs is 7. The highest BCUT2D eigenvalue weighted by Gasteiger charge is 2.16. The van der Waals surface area contributed by atoms with Crippen LogP contribution in [0.3, 0.4) is 0 Å². The van der Waals surface area contributed by atoms with E-state index in [1.807, 2.05) is 23.5 Å². The van der Waals surface area contributed by atoms with Gasteiger partial charge in [-0.25, -0.2) is 0 Å². The zero-order valence-electron chi connectivity index (χ0n) is 33.1. The second kappa shape index (κ2) is 14.5. The number of para-hydroxylation sites is 1. The molecule has 2 heterocycles. The molecule has 2 nitrogen and oxygen atoms in total. The fourth-order valence-corrected chi connectivity index (χ4v) is 10.1. The van der Waals surface area contributed by atoms with Crippen molar-refractivity contribution >= 4 is 81.3 Å². The second-order valence-electron chi connectivity index (χ2n) is 15.7. The summed E-state index contributed by atoms with van der Waals surface area (Å²) < 4.78 is 8.78. The topological polar surface area (TPSA) is 16.4 Å². The summed E-state index contributed by atoms with van der Waals surface area (Å²) in [6, 6.07) is 81.3. The third-order valence-electron chi connectivity index (χ3n) is 12.1. The van der Waals surface area contributed by atoms with E-state index in [1.54, 1.807) is 0 Å². The quantitative estimate of drug-likeness (QED) is 0.160. The highest BCUT2D eigenvalue weighted by atomic mass is 32.1. The second-order valence-corrected chi connectivity index (χ2v) is 16.8. The van der Waals surface area contributed by atoms with Crippen LogP contribution in [0.5, 0.6) is 0 Å². The van der Waals surface area contributed by atoms with Gasteiger partial charge in [-0.1, -0.05) is 146 Å². The Kier molecular flexibility index (Phi) is 8.39. The largest absolute Gasteiger partial charge is 0.456 e. The van der Waals surface area contributed by atoms with Gasteiger partial charge in [-0.3, -0.25) is 0 Å². The van der Waals surface area contributed by atoms with Crippen molar-refractivity contribution in [2.24, 2.45) is 0 Å². The zero-order chi connectivity index (χ0) is 40.3. The molecule has 0 aliphatic carbocycles. The van der Waals surface area contributed by atoms with Gasteiger partial charge in [0.1, 0.15) is 11.2 Å². The molecule has 2 aromatic heterocycles. The van der Waals surface area contributed by atoms with Crippen molar-refractivity contribution < 1.29 is 4.42 Å². The number of anilines is 3. The lowest BCUT2D eigenvalue weighted by Crippen LogP contribution is -2.10. The van der Waals surface area contributed by atoms with Crippen molar-refractivity contribution in [3.05, 3.63) is 224 Å². The maximum atomic E-state index is 6.14. The van der Waals surface area contributed by atoms with E-state index in [1.165, 1.54) is 58.8 Å². The van der Waals surface area contributed by atoms with Crippen molar-refractivity contribution in [2.75, 3.05) is 4.90 Å². The summed E-state index contributed by atoms with van der Waals surface area (Å²) in [5, 5.41) is 7.40. The van der Waals surface area contributed by atoms with Crippen LogP contribution < -0.4 is 4.90 Å². The lowest BCUT2D eigenvalue weighted by molar-refractivity contribution is 0.669. The van der Waals surface area contributed by atoms with Gasteiger partial charge in [0.25, 0.3) is 0 Å². The maximum absolute atomic E-state index is 6.14. The molecule has 0 atom stereocenters. The molecule has 0 aliphatic rings. The molecule has 0 unspecified atom stereocenters. The first kappa shape index (κ1) is 35.2. The highest BCUT2D eigenvalue weighted by Crippen LogP contribution is 2.41. The standard InChI is InChI=1S/C58H37NOS/c1-2-16-49-40(10-1)11-9-19-50(49)45-14-7-12-41(34-45)42-13-8-15-48(35-42)59(46-28-22-38(23-29-46)43-26-32-56-53(36-43)51-17-3-5-20-55(51)60-56)47-30-24-39(25-31-47)44-27-33-58-54(37-44)52-18-4-6-21-57(52)61-58/h1-37H. The van der Waals surface area contributed by atoms with Crippen LogP contribution in [-0.4, -0.2) is 0 Å². The van der Waals surface area contributed by atoms with E-state index < -0.39 is 0 Å². The van der Waals surface area contributed by atoms with Gasteiger partial charge in [-0.2, -0.15) is 0 Å². The van der Waals surface area contributed by atoms with Gasteiger partial charge < -0.3 is 9.32 Å². The zero-order valence-corrected chi connectivity index (χ0v) is 33.9. The molecule has 0 spiro atoms. The molecule has 0 aliphatic heterocycles. The number of benzene rings is 10. The van der Waals surface area contributed by atoms with Crippen molar-refractivity contribution in [3.8, 4) is 44.5 Å². The average molecular weight is 796 g/mol. The van der Waals surface area contributed by atoms with Gasteiger partial charge in [0, 0.05) is 48.0 Å². The van der Waals surface area contributed by atoms with Crippen LogP contribution in [-0.2, 0) is 0 Å². The number of furan rings is 1. The highest BCUT2D eigenvalue weighted by molar-refractivity contribution is 7.25. The average Bonchev–Trinajstić information content (AvgIpc) is 3.90. The Hall–Kier alpha value is -7.72. The molecule has 12 aromatic rings. The Morgan fingerprint density at radius 3 is 1.64 bits per heavy atom. The van der Waals surface area contributed by atoms with E-state index in [0.717, 1.165) is 55.7 Å². The normalized spacial score (nSPS) is 11.6. The molecule has 3 heteroatoms. The van der Waals surface area contributed by atoms with E-state index in [4.69, 9.17) is 4.42 Å². The summed E-state index contributed by atoms with van der Waals surface area (Å²) in [4.78, 5) is 2.37. The Morgan fingerprint density at radius 1 is 0.295 bits per heavy atom. The molecule has 0 bridgehead atoms. The lowest BCUT2D eigenvalue weighted by Gasteiger charge is -2.26. The summed E-state index contributed by atoms with van der Waals surface area (Å²) in [5.41, 5.74) is 14.6. The van der Waals surface area contributed by atoms with Crippen LogP contribution in [0.1, 0.15) is 0 Å². The van der Waals surface area contributed by atoms with E-state index in [9.17, 15) is 0 Å². The van der Waals surface area contributed by atoms with E-state index in [0.29, 0.717) is 0 Å². The minimum absolute atomic E-state index is 0.905. The van der Waals surface area contributed by atoms with Gasteiger partial charge in [0.05, 0.1) is 0 Å². The van der Waals surface area contributed by atoms with E-state index in [2.05, 4.69) is 217 Å². The SMILES string of the molecule is c1cc(-c2cccc(N(c3ccc(-c4ccc5oc6ccccc6c5c4)cc3)c3ccc(-c4ccc5sc6ccccc6c5c4)cc3)c2)cc(-c2cccc3ccccc23)c1. The van der Waals surface area contributed by atoms with Gasteiger partial charge in [-0.05, 0) is 134 Å². The predicted molar refractivity (Wildman–Crippen MR) is 261 cm³/mol. The van der Waals surface area contributed by atoms with E-state index in [-0.39, 0.29) is 0 Å². The summed E-state index contributed by atoms with van der Waals surface area (Å²) in [6.45, 7) is 0. The first-order chi connectivity index (χ1) is 30.2. The molecular weight excluding hydrogens is 759 g/mol. The Labute approximate surface area is 357 Å². The summed E-state index contributed by atoms with van der Waals surface area (Å²) >= 11 is 1.86. The fraction of sp³-hybridized carbons (Fsp3) is 0. The lowest BCUT2D eigenvalue weighted by atomic mass is 9.95. The Bertz CT molecular complexity index is 3430. The molecule has 0 radical (unpaired) electrons. The molecule has 0 N–H and O–H groups in total. The Morgan fingerprint density at radius 2 is 0.836 bits per heavy atom. The van der Waals surface area contributed by atoms with Crippen molar-refractivity contribution in [1.82, 2.24) is 0 Å². The molecule has 0 amide bonds. The van der Waals surface area contributed by atoms with Crippen LogP contribution >= 0.6 is 11.3 Å². The van der Waals surface area contributed by atoms with Crippen LogP contribution in [0, 0.1) is 0 Å². The molecule has 61 heavy (non-hydrogen) atoms. The van der Waals surface area contributed by atoms with Crippen molar-refractivity contribution in [1.29, 1.82) is 0 Å². The van der Waals surface area contributed by atoms with Crippen LogP contribution in [0.25, 0.3) is 97.4 Å². The number of nitrogens with zero attached hydrogens (tertiary/aromatic N) is 1. The maximum Gasteiger partial charge on any atom is 0.135 e. The molecule has 0 fully saturated rings. The molecular formula is C58H37NOS. The third kappa shape index (κ3) is 6.26. The number of thiophene rings is 1. The predicted octanol–water partition coefficient (Wildman–Crippen LogP) is 17.2. The molecule has 0 saturated carbocycles. The van der Waals surface area contributed by atoms with Gasteiger partial charge in [0.2, 0.25) is 0 Å². The molecule has 286 valence electrons. The summed E-state index contributed by atoms with van der Waals surface area (Å²) in [5.74, 6) is 0. The van der Waals surface area contributed by atoms with Gasteiger partial charge >= 0.3 is 0 Å². The van der Waals surface area contributed by atoms with Crippen molar-refractivity contribution in [3.63, 3.8) is 0 Å². The smallest absolute Gasteiger partial charge is 0.135 e. The molecule has 0 saturated heterocycles. The number of hydrogen-bond donors (Lipinski definition) is 0. The monoisotopic (exact) mass is 795 g/mol. The minimum atomic E-state index is 0.905. The molecule has 12 rings (SSSR count). The minimum Gasteiger partial charge on any atom is -0.456 e. The first-order valence-electron chi connectivity index (χ1n) is 20.7. The van der Waals surface area contributed by atoms with Crippen LogP contribution in [0.4, 0.5) is 17.1 Å². The summed E-state index contributed by atoms with van der Waals surface area (Å²) in [7, 11) is 0. The van der Waals surface area contributed by atoms with Gasteiger partial charge in [0.15, 0.2) is 0 Å². The Balaban J connectivity index is 0.940. The number of hydrogen-bond acceptors (Lipinski definition) is 3. The van der Waals surface area contributed by atoms with Crippen LogP contribution in [0.15, 0.2) is 229 Å². The third-order valence-corrected chi connectivity index (χ3v) is 13.2. The fourth-order valence-electron chi connectivity index (χ4n) is 9.03. The molecule has 10 aromatic carbocycles. The van der Waals surface area contributed by atoms with E-state index >= 15 is 0 Å². The van der Waals surface area contributed by atoms with Gasteiger partial charge in [-0.15, -0.1) is 11.3 Å². The van der Waals surface area contributed by atoms with Crippen LogP contribution in [0.2, 0.25) is 0 Å².